The summed E-state index contributed by atoms with van der Waals surface area (Å²) in [5.41, 5.74) is 1.12. The molecule has 7 heteroatoms. The predicted octanol–water partition coefficient (Wildman–Crippen LogP) is 5.37. The zero-order valence-electron chi connectivity index (χ0n) is 10.1. The van der Waals surface area contributed by atoms with Crippen LogP contribution >= 0.6 is 46.4 Å². The minimum Gasteiger partial charge on any atom is -0.224 e. The zero-order valence-corrected chi connectivity index (χ0v) is 14.0. The van der Waals surface area contributed by atoms with Crippen LogP contribution in [0.25, 0.3) is 11.1 Å². The van der Waals surface area contributed by atoms with Crippen LogP contribution in [0.5, 0.6) is 0 Å². The number of benzene rings is 2. The van der Waals surface area contributed by atoms with E-state index in [2.05, 4.69) is 0 Å². The summed E-state index contributed by atoms with van der Waals surface area (Å²) < 4.78 is 23.4. The summed E-state index contributed by atoms with van der Waals surface area (Å²) in [7, 11) is -3.48. The first-order chi connectivity index (χ1) is 9.20. The van der Waals surface area contributed by atoms with Crippen molar-refractivity contribution in [2.24, 2.45) is 0 Å². The molecule has 2 rings (SSSR count). The minimum absolute atomic E-state index is 0.0206. The van der Waals surface area contributed by atoms with Crippen LogP contribution in [0.4, 0.5) is 0 Å². The summed E-state index contributed by atoms with van der Waals surface area (Å²) >= 11 is 24.0. The lowest BCUT2D eigenvalue weighted by molar-refractivity contribution is 0.602. The predicted molar refractivity (Wildman–Crippen MR) is 85.0 cm³/mol. The van der Waals surface area contributed by atoms with Crippen LogP contribution in [0, 0.1) is 0 Å². The van der Waals surface area contributed by atoms with Crippen LogP contribution in [0.1, 0.15) is 0 Å². The second-order valence-electron chi connectivity index (χ2n) is 4.17. The number of halogens is 4. The highest BCUT2D eigenvalue weighted by atomic mass is 35.5. The van der Waals surface area contributed by atoms with Gasteiger partial charge >= 0.3 is 0 Å². The fourth-order valence-corrected chi connectivity index (χ4v) is 3.70. The van der Waals surface area contributed by atoms with Gasteiger partial charge in [-0.15, -0.1) is 0 Å². The van der Waals surface area contributed by atoms with Crippen LogP contribution < -0.4 is 0 Å². The summed E-state index contributed by atoms with van der Waals surface area (Å²) in [6.45, 7) is 0. The molecule has 0 heterocycles. The summed E-state index contributed by atoms with van der Waals surface area (Å²) in [6.07, 6.45) is 1.07. The molecule has 106 valence electrons. The van der Waals surface area contributed by atoms with Crippen molar-refractivity contribution in [3.63, 3.8) is 0 Å². The van der Waals surface area contributed by atoms with Gasteiger partial charge in [-0.1, -0.05) is 52.5 Å². The Morgan fingerprint density at radius 1 is 0.900 bits per heavy atom. The van der Waals surface area contributed by atoms with E-state index < -0.39 is 9.84 Å². The van der Waals surface area contributed by atoms with Crippen molar-refractivity contribution < 1.29 is 8.42 Å². The van der Waals surface area contributed by atoms with E-state index in [1.807, 2.05) is 0 Å². The van der Waals surface area contributed by atoms with Gasteiger partial charge in [0.15, 0.2) is 9.84 Å². The number of rotatable bonds is 2. The van der Waals surface area contributed by atoms with Gasteiger partial charge < -0.3 is 0 Å². The normalized spacial score (nSPS) is 11.7. The van der Waals surface area contributed by atoms with Crippen LogP contribution in [-0.4, -0.2) is 14.7 Å². The maximum absolute atomic E-state index is 11.7. The molecular formula is C13H8Cl4O2S. The van der Waals surface area contributed by atoms with Crippen molar-refractivity contribution in [1.82, 2.24) is 0 Å². The molecule has 0 saturated carbocycles. The Bertz CT molecular complexity index is 785. The van der Waals surface area contributed by atoms with Crippen molar-refractivity contribution in [3.05, 3.63) is 50.4 Å². The third-order valence-electron chi connectivity index (χ3n) is 2.63. The summed E-state index contributed by atoms with van der Waals surface area (Å²) in [4.78, 5) is -0.0206. The highest BCUT2D eigenvalue weighted by Crippen LogP contribution is 2.38. The number of hydrogen-bond donors (Lipinski definition) is 0. The highest BCUT2D eigenvalue weighted by molar-refractivity contribution is 7.90. The maximum Gasteiger partial charge on any atom is 0.177 e. The molecule has 0 aliphatic rings. The SMILES string of the molecule is CS(=O)(=O)c1cc(Cl)cc(-c2ccc(Cl)c(Cl)c2)c1Cl. The van der Waals surface area contributed by atoms with Gasteiger partial charge in [0.05, 0.1) is 20.0 Å². The fraction of sp³-hybridized carbons (Fsp3) is 0.0769. The average molecular weight is 370 g/mol. The van der Waals surface area contributed by atoms with E-state index in [-0.39, 0.29) is 14.9 Å². The molecule has 0 unspecified atom stereocenters. The Hall–Kier alpha value is -0.450. The van der Waals surface area contributed by atoms with E-state index in [1.54, 1.807) is 24.3 Å². The molecule has 0 aliphatic carbocycles. The standard InChI is InChI=1S/C13H8Cl4O2S/c1-20(18,19)12-6-8(14)5-9(13(12)17)7-2-3-10(15)11(16)4-7/h2-6H,1H3. The van der Waals surface area contributed by atoms with Crippen molar-refractivity contribution in [1.29, 1.82) is 0 Å². The zero-order chi connectivity index (χ0) is 15.1. The molecule has 0 spiro atoms. The molecule has 20 heavy (non-hydrogen) atoms. The van der Waals surface area contributed by atoms with Gasteiger partial charge in [0, 0.05) is 16.8 Å². The molecule has 0 radical (unpaired) electrons. The van der Waals surface area contributed by atoms with Crippen LogP contribution in [0.15, 0.2) is 35.2 Å². The number of hydrogen-bond acceptors (Lipinski definition) is 2. The molecule has 0 aliphatic heterocycles. The maximum atomic E-state index is 11.7. The minimum atomic E-state index is -3.48. The highest BCUT2D eigenvalue weighted by Gasteiger charge is 2.18. The lowest BCUT2D eigenvalue weighted by Gasteiger charge is -2.10. The van der Waals surface area contributed by atoms with Gasteiger partial charge in [-0.3, -0.25) is 0 Å². The Kier molecular flexibility index (Phi) is 4.57. The molecule has 0 saturated heterocycles. The third kappa shape index (κ3) is 3.23. The molecule has 0 bridgehead atoms. The first-order valence-electron chi connectivity index (χ1n) is 5.34. The van der Waals surface area contributed by atoms with Gasteiger partial charge in [-0.05, 0) is 29.8 Å². The van der Waals surface area contributed by atoms with Gasteiger partial charge in [0.25, 0.3) is 0 Å². The molecule has 0 N–H and O–H groups in total. The first-order valence-corrected chi connectivity index (χ1v) is 8.75. The topological polar surface area (TPSA) is 34.1 Å². The Morgan fingerprint density at radius 2 is 1.55 bits per heavy atom. The summed E-state index contributed by atoms with van der Waals surface area (Å²) in [6, 6.07) is 7.81. The lowest BCUT2D eigenvalue weighted by atomic mass is 10.1. The molecule has 0 atom stereocenters. The van der Waals surface area contributed by atoms with E-state index in [0.717, 1.165) is 6.26 Å². The van der Waals surface area contributed by atoms with E-state index in [4.69, 9.17) is 46.4 Å². The van der Waals surface area contributed by atoms with E-state index in [0.29, 0.717) is 21.2 Å². The smallest absolute Gasteiger partial charge is 0.177 e. The molecule has 2 nitrogen and oxygen atoms in total. The molecule has 2 aromatic rings. The van der Waals surface area contributed by atoms with E-state index in [1.165, 1.54) is 6.07 Å². The van der Waals surface area contributed by atoms with Gasteiger partial charge in [-0.25, -0.2) is 8.42 Å². The second-order valence-corrected chi connectivity index (χ2v) is 7.78. The van der Waals surface area contributed by atoms with Gasteiger partial charge in [0.1, 0.15) is 0 Å². The van der Waals surface area contributed by atoms with Crippen molar-refractivity contribution in [2.75, 3.05) is 6.26 Å². The van der Waals surface area contributed by atoms with Crippen molar-refractivity contribution >= 4 is 56.2 Å². The van der Waals surface area contributed by atoms with E-state index >= 15 is 0 Å². The molecule has 2 aromatic carbocycles. The summed E-state index contributed by atoms with van der Waals surface area (Å²) in [5, 5.41) is 1.13. The molecule has 0 aromatic heterocycles. The Morgan fingerprint density at radius 3 is 2.10 bits per heavy atom. The summed E-state index contributed by atoms with van der Waals surface area (Å²) in [5.74, 6) is 0. The van der Waals surface area contributed by atoms with Crippen LogP contribution in [0.2, 0.25) is 20.1 Å². The van der Waals surface area contributed by atoms with E-state index in [9.17, 15) is 8.42 Å². The van der Waals surface area contributed by atoms with Crippen LogP contribution in [0.3, 0.4) is 0 Å². The van der Waals surface area contributed by atoms with Gasteiger partial charge in [-0.2, -0.15) is 0 Å². The van der Waals surface area contributed by atoms with Crippen molar-refractivity contribution in [3.8, 4) is 11.1 Å². The first kappa shape index (κ1) is 15.9. The lowest BCUT2D eigenvalue weighted by Crippen LogP contribution is -1.99. The third-order valence-corrected chi connectivity index (χ3v) is 5.23. The van der Waals surface area contributed by atoms with Crippen molar-refractivity contribution in [2.45, 2.75) is 4.90 Å². The average Bonchev–Trinajstić information content (AvgIpc) is 2.34. The Balaban J connectivity index is 2.75. The molecular weight excluding hydrogens is 362 g/mol. The molecule has 0 amide bonds. The largest absolute Gasteiger partial charge is 0.224 e. The molecule has 0 fully saturated rings. The monoisotopic (exact) mass is 368 g/mol. The van der Waals surface area contributed by atoms with Gasteiger partial charge in [0.2, 0.25) is 0 Å². The quantitative estimate of drug-likeness (QED) is 0.712. The second kappa shape index (κ2) is 5.74. The Labute approximate surface area is 137 Å². The van der Waals surface area contributed by atoms with Crippen LogP contribution in [-0.2, 0) is 9.84 Å². The fourth-order valence-electron chi connectivity index (χ4n) is 1.71. The number of sulfone groups is 1.